The van der Waals surface area contributed by atoms with Crippen molar-refractivity contribution < 1.29 is 18.0 Å². The Labute approximate surface area is 127 Å². The summed E-state index contributed by atoms with van der Waals surface area (Å²) >= 11 is 0. The van der Waals surface area contributed by atoms with Gasteiger partial charge in [0.1, 0.15) is 9.84 Å². The maximum atomic E-state index is 12.2. The predicted octanol–water partition coefficient (Wildman–Crippen LogP) is -0.487. The lowest BCUT2D eigenvalue weighted by molar-refractivity contribution is -0.137. The predicted molar refractivity (Wildman–Crippen MR) is 82.5 cm³/mol. The minimum Gasteiger partial charge on any atom is -0.355 e. The smallest absolute Gasteiger partial charge is 0.239 e. The quantitative estimate of drug-likeness (QED) is 0.564. The van der Waals surface area contributed by atoms with Crippen molar-refractivity contribution in [2.45, 2.75) is 39.2 Å². The summed E-state index contributed by atoms with van der Waals surface area (Å²) in [5.74, 6) is -0.747. The molecule has 0 aliphatic carbocycles. The first kappa shape index (κ1) is 19.9. The van der Waals surface area contributed by atoms with E-state index >= 15 is 0 Å². The van der Waals surface area contributed by atoms with E-state index in [4.69, 9.17) is 5.73 Å². The van der Waals surface area contributed by atoms with Gasteiger partial charge in [-0.2, -0.15) is 0 Å². The van der Waals surface area contributed by atoms with Crippen molar-refractivity contribution in [1.29, 1.82) is 0 Å². The van der Waals surface area contributed by atoms with E-state index in [1.54, 1.807) is 0 Å². The SMILES string of the molecule is CCCNC(=O)CN(CCC)C(=O)C(N)CCS(C)(=O)=O. The van der Waals surface area contributed by atoms with E-state index in [1.807, 2.05) is 13.8 Å². The van der Waals surface area contributed by atoms with Crippen molar-refractivity contribution in [2.24, 2.45) is 5.73 Å². The molecule has 0 fully saturated rings. The Morgan fingerprint density at radius 3 is 2.33 bits per heavy atom. The highest BCUT2D eigenvalue weighted by Gasteiger charge is 2.23. The van der Waals surface area contributed by atoms with Gasteiger partial charge in [0.15, 0.2) is 0 Å². The molecular weight excluding hydrogens is 294 g/mol. The third-order valence-electron chi connectivity index (χ3n) is 2.83. The monoisotopic (exact) mass is 321 g/mol. The second-order valence-electron chi connectivity index (χ2n) is 5.13. The Kier molecular flexibility index (Phi) is 9.19. The second kappa shape index (κ2) is 9.73. The summed E-state index contributed by atoms with van der Waals surface area (Å²) in [5, 5.41) is 2.70. The van der Waals surface area contributed by atoms with Crippen LogP contribution in [0, 0.1) is 0 Å². The molecule has 2 amide bonds. The van der Waals surface area contributed by atoms with Crippen LogP contribution in [0.1, 0.15) is 33.1 Å². The normalized spacial score (nSPS) is 12.8. The molecule has 0 aliphatic rings. The summed E-state index contributed by atoms with van der Waals surface area (Å²) in [7, 11) is -3.16. The Morgan fingerprint density at radius 2 is 1.86 bits per heavy atom. The van der Waals surface area contributed by atoms with Crippen LogP contribution in [0.3, 0.4) is 0 Å². The lowest BCUT2D eigenvalue weighted by Gasteiger charge is -2.24. The van der Waals surface area contributed by atoms with Gasteiger partial charge in [-0.3, -0.25) is 9.59 Å². The largest absolute Gasteiger partial charge is 0.355 e. The third-order valence-corrected chi connectivity index (χ3v) is 3.81. The molecule has 7 nitrogen and oxygen atoms in total. The van der Waals surface area contributed by atoms with Crippen molar-refractivity contribution in [3.05, 3.63) is 0 Å². The van der Waals surface area contributed by atoms with Gasteiger partial charge in [-0.25, -0.2) is 8.42 Å². The average molecular weight is 321 g/mol. The zero-order valence-electron chi connectivity index (χ0n) is 13.1. The molecule has 0 aromatic heterocycles. The fourth-order valence-corrected chi connectivity index (χ4v) is 2.41. The summed E-state index contributed by atoms with van der Waals surface area (Å²) in [6, 6.07) is -0.898. The molecule has 0 heterocycles. The molecule has 0 radical (unpaired) electrons. The Bertz CT molecular complexity index is 437. The van der Waals surface area contributed by atoms with E-state index in [0.29, 0.717) is 19.5 Å². The highest BCUT2D eigenvalue weighted by Crippen LogP contribution is 2.01. The molecule has 124 valence electrons. The summed E-state index contributed by atoms with van der Waals surface area (Å²) in [6.07, 6.45) is 2.69. The summed E-state index contributed by atoms with van der Waals surface area (Å²) in [5.41, 5.74) is 5.74. The highest BCUT2D eigenvalue weighted by molar-refractivity contribution is 7.90. The van der Waals surface area contributed by atoms with Gasteiger partial charge in [-0.05, 0) is 19.3 Å². The summed E-state index contributed by atoms with van der Waals surface area (Å²) in [4.78, 5) is 25.3. The lowest BCUT2D eigenvalue weighted by atomic mass is 10.2. The number of carbonyl (C=O) groups is 2. The average Bonchev–Trinajstić information content (AvgIpc) is 2.40. The fourth-order valence-electron chi connectivity index (χ4n) is 1.73. The molecule has 3 N–H and O–H groups in total. The van der Waals surface area contributed by atoms with Crippen LogP contribution in [0.5, 0.6) is 0 Å². The van der Waals surface area contributed by atoms with Crippen LogP contribution in [-0.2, 0) is 19.4 Å². The molecule has 0 aromatic carbocycles. The zero-order chi connectivity index (χ0) is 16.5. The zero-order valence-corrected chi connectivity index (χ0v) is 13.9. The minimum absolute atomic E-state index is 0.0424. The first-order valence-electron chi connectivity index (χ1n) is 7.20. The number of nitrogens with two attached hydrogens (primary N) is 1. The summed E-state index contributed by atoms with van der Waals surface area (Å²) < 4.78 is 22.2. The highest BCUT2D eigenvalue weighted by atomic mass is 32.2. The van der Waals surface area contributed by atoms with Gasteiger partial charge < -0.3 is 16.0 Å². The number of sulfone groups is 1. The molecule has 0 bridgehead atoms. The summed E-state index contributed by atoms with van der Waals surface area (Å²) in [6.45, 7) is 4.78. The standard InChI is InChI=1S/C13H27N3O4S/c1-4-7-15-12(17)10-16(8-5-2)13(18)11(14)6-9-21(3,19)20/h11H,4-10,14H2,1-3H3,(H,15,17). The maximum Gasteiger partial charge on any atom is 0.239 e. The molecule has 0 spiro atoms. The molecule has 8 heteroatoms. The number of hydrogen-bond acceptors (Lipinski definition) is 5. The van der Waals surface area contributed by atoms with E-state index in [-0.39, 0.29) is 30.5 Å². The van der Waals surface area contributed by atoms with E-state index < -0.39 is 15.9 Å². The minimum atomic E-state index is -3.16. The number of nitrogens with zero attached hydrogens (tertiary/aromatic N) is 1. The van der Waals surface area contributed by atoms with Crippen molar-refractivity contribution in [3.8, 4) is 0 Å². The van der Waals surface area contributed by atoms with Crippen LogP contribution in [0.2, 0.25) is 0 Å². The van der Waals surface area contributed by atoms with Crippen molar-refractivity contribution in [1.82, 2.24) is 10.2 Å². The Balaban J connectivity index is 4.55. The van der Waals surface area contributed by atoms with Crippen LogP contribution >= 0.6 is 0 Å². The molecule has 0 saturated carbocycles. The Hall–Kier alpha value is -1.15. The van der Waals surface area contributed by atoms with E-state index in [0.717, 1.165) is 12.7 Å². The fraction of sp³-hybridized carbons (Fsp3) is 0.846. The molecule has 21 heavy (non-hydrogen) atoms. The van der Waals surface area contributed by atoms with Gasteiger partial charge in [0, 0.05) is 19.3 Å². The van der Waals surface area contributed by atoms with Crippen LogP contribution in [0.4, 0.5) is 0 Å². The van der Waals surface area contributed by atoms with Gasteiger partial charge in [0.05, 0.1) is 18.3 Å². The van der Waals surface area contributed by atoms with E-state index in [9.17, 15) is 18.0 Å². The number of carbonyl (C=O) groups excluding carboxylic acids is 2. The molecule has 1 unspecified atom stereocenters. The number of rotatable bonds is 10. The van der Waals surface area contributed by atoms with Crippen molar-refractivity contribution in [3.63, 3.8) is 0 Å². The van der Waals surface area contributed by atoms with Gasteiger partial charge >= 0.3 is 0 Å². The number of hydrogen-bond donors (Lipinski definition) is 2. The lowest BCUT2D eigenvalue weighted by Crippen LogP contribution is -2.48. The molecular formula is C13H27N3O4S. The van der Waals surface area contributed by atoms with Crippen LogP contribution in [0.15, 0.2) is 0 Å². The second-order valence-corrected chi connectivity index (χ2v) is 7.39. The molecule has 0 aromatic rings. The van der Waals surface area contributed by atoms with E-state index in [2.05, 4.69) is 5.32 Å². The maximum absolute atomic E-state index is 12.2. The third kappa shape index (κ3) is 9.41. The van der Waals surface area contributed by atoms with Gasteiger partial charge in [0.2, 0.25) is 11.8 Å². The molecule has 0 aliphatic heterocycles. The first-order valence-corrected chi connectivity index (χ1v) is 9.26. The van der Waals surface area contributed by atoms with Crippen molar-refractivity contribution in [2.75, 3.05) is 31.6 Å². The number of nitrogens with one attached hydrogen (secondary N) is 1. The van der Waals surface area contributed by atoms with Crippen molar-refractivity contribution >= 4 is 21.7 Å². The topological polar surface area (TPSA) is 110 Å². The van der Waals surface area contributed by atoms with Crippen LogP contribution in [0.25, 0.3) is 0 Å². The van der Waals surface area contributed by atoms with Crippen LogP contribution in [-0.4, -0.2) is 62.8 Å². The first-order chi connectivity index (χ1) is 9.71. The van der Waals surface area contributed by atoms with Gasteiger partial charge in [-0.1, -0.05) is 13.8 Å². The Morgan fingerprint density at radius 1 is 1.24 bits per heavy atom. The van der Waals surface area contributed by atoms with Crippen LogP contribution < -0.4 is 11.1 Å². The molecule has 0 saturated heterocycles. The molecule has 0 rings (SSSR count). The van der Waals surface area contributed by atoms with Gasteiger partial charge in [0.25, 0.3) is 0 Å². The molecule has 1 atom stereocenters. The number of amides is 2. The van der Waals surface area contributed by atoms with Gasteiger partial charge in [-0.15, -0.1) is 0 Å². The van der Waals surface area contributed by atoms with E-state index in [1.165, 1.54) is 4.90 Å².